The fourth-order valence-electron chi connectivity index (χ4n) is 2.40. The number of anilines is 1. The minimum Gasteiger partial charge on any atom is -0.494 e. The average Bonchev–Trinajstić information content (AvgIpc) is 3.08. The summed E-state index contributed by atoms with van der Waals surface area (Å²) in [6, 6.07) is 6.67. The Bertz CT molecular complexity index is 1100. The molecule has 2 aromatic heterocycles. The van der Waals surface area contributed by atoms with Crippen molar-refractivity contribution in [3.63, 3.8) is 0 Å². The maximum Gasteiger partial charge on any atom is 0.351 e. The summed E-state index contributed by atoms with van der Waals surface area (Å²) in [5.41, 5.74) is -0.583. The smallest absolute Gasteiger partial charge is 0.351 e. The number of rotatable bonds is 4. The number of carbonyl (C=O) groups excluding carboxylic acids is 2. The standard InChI is InChI=1S/C18H14FNO6S/c1-20(16(21)9-4-5-11(19)12(6-9)24-2)15-8-13-14(27-15)7-10(17(22)25-3)18(23)26-13/h4-8H,1-3H3. The Morgan fingerprint density at radius 3 is 2.59 bits per heavy atom. The molecule has 1 amide bonds. The fourth-order valence-corrected chi connectivity index (χ4v) is 3.39. The first-order chi connectivity index (χ1) is 12.8. The quantitative estimate of drug-likeness (QED) is 0.636. The van der Waals surface area contributed by atoms with Gasteiger partial charge in [-0.1, -0.05) is 0 Å². The van der Waals surface area contributed by atoms with Gasteiger partial charge < -0.3 is 18.8 Å². The van der Waals surface area contributed by atoms with Crippen LogP contribution in [0.3, 0.4) is 0 Å². The molecular formula is C18H14FNO6S. The number of amides is 1. The summed E-state index contributed by atoms with van der Waals surface area (Å²) in [6.07, 6.45) is 0. The Labute approximate surface area is 156 Å². The van der Waals surface area contributed by atoms with Gasteiger partial charge in [0.05, 0.1) is 18.9 Å². The molecule has 0 aliphatic heterocycles. The lowest BCUT2D eigenvalue weighted by molar-refractivity contribution is 0.0596. The first kappa shape index (κ1) is 18.6. The molecule has 0 N–H and O–H groups in total. The van der Waals surface area contributed by atoms with Gasteiger partial charge in [0.15, 0.2) is 17.1 Å². The van der Waals surface area contributed by atoms with Crippen molar-refractivity contribution in [3.8, 4) is 5.75 Å². The molecule has 0 fully saturated rings. The van der Waals surface area contributed by atoms with Crippen LogP contribution in [0, 0.1) is 5.82 Å². The van der Waals surface area contributed by atoms with E-state index in [0.717, 1.165) is 24.5 Å². The number of nitrogens with zero attached hydrogens (tertiary/aromatic N) is 1. The summed E-state index contributed by atoms with van der Waals surface area (Å²) < 4.78 is 28.6. The molecule has 0 bridgehead atoms. The number of ether oxygens (including phenoxy) is 2. The third-order valence-corrected chi connectivity index (χ3v) is 4.99. The van der Waals surface area contributed by atoms with Gasteiger partial charge in [-0.3, -0.25) is 4.79 Å². The summed E-state index contributed by atoms with van der Waals surface area (Å²) in [5.74, 6) is -1.83. The van der Waals surface area contributed by atoms with Crippen LogP contribution in [0.15, 0.2) is 39.5 Å². The molecule has 0 radical (unpaired) electrons. The van der Waals surface area contributed by atoms with Gasteiger partial charge in [0.2, 0.25) is 0 Å². The lowest BCUT2D eigenvalue weighted by atomic mass is 10.2. The molecule has 0 saturated carbocycles. The number of hydrogen-bond donors (Lipinski definition) is 0. The molecule has 0 spiro atoms. The zero-order valence-corrected chi connectivity index (χ0v) is 15.4. The van der Waals surface area contributed by atoms with E-state index >= 15 is 0 Å². The number of halogens is 1. The highest BCUT2D eigenvalue weighted by molar-refractivity contribution is 7.22. The highest BCUT2D eigenvalue weighted by Crippen LogP contribution is 2.33. The molecular weight excluding hydrogens is 377 g/mol. The predicted octanol–water partition coefficient (Wildman–Crippen LogP) is 3.07. The lowest BCUT2D eigenvalue weighted by Crippen LogP contribution is -2.25. The number of fused-ring (bicyclic) bond motifs is 1. The van der Waals surface area contributed by atoms with Crippen molar-refractivity contribution in [1.29, 1.82) is 0 Å². The van der Waals surface area contributed by atoms with Crippen molar-refractivity contribution in [2.24, 2.45) is 0 Å². The summed E-state index contributed by atoms with van der Waals surface area (Å²) in [5, 5.41) is 0.475. The van der Waals surface area contributed by atoms with Crippen LogP contribution < -0.4 is 15.3 Å². The third kappa shape index (κ3) is 3.41. The van der Waals surface area contributed by atoms with Gasteiger partial charge in [-0.2, -0.15) is 0 Å². The van der Waals surface area contributed by atoms with Crippen molar-refractivity contribution in [3.05, 3.63) is 57.7 Å². The topological polar surface area (TPSA) is 86.1 Å². The number of carbonyl (C=O) groups is 2. The molecule has 27 heavy (non-hydrogen) atoms. The third-order valence-electron chi connectivity index (χ3n) is 3.85. The van der Waals surface area contributed by atoms with Gasteiger partial charge in [-0.15, -0.1) is 11.3 Å². The van der Waals surface area contributed by atoms with E-state index in [-0.39, 0.29) is 22.5 Å². The van der Waals surface area contributed by atoms with Gasteiger partial charge in [0.1, 0.15) is 10.6 Å². The molecule has 0 unspecified atom stereocenters. The van der Waals surface area contributed by atoms with Crippen LogP contribution in [0.1, 0.15) is 20.7 Å². The normalized spacial score (nSPS) is 10.7. The first-order valence-electron chi connectivity index (χ1n) is 7.63. The second-order valence-electron chi connectivity index (χ2n) is 5.47. The number of benzene rings is 1. The molecule has 140 valence electrons. The van der Waals surface area contributed by atoms with Crippen LogP contribution >= 0.6 is 11.3 Å². The minimum atomic E-state index is -0.823. The van der Waals surface area contributed by atoms with E-state index in [9.17, 15) is 18.8 Å². The SMILES string of the molecule is COC(=O)c1cc2sc(N(C)C(=O)c3ccc(F)c(OC)c3)cc2oc1=O. The zero-order valence-electron chi connectivity index (χ0n) is 14.6. The van der Waals surface area contributed by atoms with Crippen LogP contribution in [0.2, 0.25) is 0 Å². The second kappa shape index (κ2) is 7.20. The molecule has 3 aromatic rings. The van der Waals surface area contributed by atoms with Crippen LogP contribution in [0.25, 0.3) is 10.3 Å². The van der Waals surface area contributed by atoms with Gasteiger partial charge in [-0.05, 0) is 24.3 Å². The predicted molar refractivity (Wildman–Crippen MR) is 97.4 cm³/mol. The van der Waals surface area contributed by atoms with E-state index in [2.05, 4.69) is 4.74 Å². The molecule has 0 atom stereocenters. The molecule has 9 heteroatoms. The molecule has 0 aliphatic carbocycles. The van der Waals surface area contributed by atoms with Crippen molar-refractivity contribution in [1.82, 2.24) is 0 Å². The van der Waals surface area contributed by atoms with Crippen molar-refractivity contribution in [2.45, 2.75) is 0 Å². The Morgan fingerprint density at radius 2 is 1.93 bits per heavy atom. The van der Waals surface area contributed by atoms with E-state index in [1.807, 2.05) is 0 Å². The van der Waals surface area contributed by atoms with Crippen molar-refractivity contribution < 1.29 is 27.9 Å². The van der Waals surface area contributed by atoms with Crippen LogP contribution in [-0.4, -0.2) is 33.1 Å². The van der Waals surface area contributed by atoms with Gasteiger partial charge in [0.25, 0.3) is 5.91 Å². The highest BCUT2D eigenvalue weighted by atomic mass is 32.1. The summed E-state index contributed by atoms with van der Waals surface area (Å²) >= 11 is 1.15. The summed E-state index contributed by atoms with van der Waals surface area (Å²) in [7, 11) is 4.00. The highest BCUT2D eigenvalue weighted by Gasteiger charge is 2.20. The Hall–Kier alpha value is -3.20. The van der Waals surface area contributed by atoms with Gasteiger partial charge in [0, 0.05) is 18.7 Å². The molecule has 7 nitrogen and oxygen atoms in total. The number of esters is 1. The maximum absolute atomic E-state index is 13.5. The number of thiophene rings is 1. The van der Waals surface area contributed by atoms with E-state index in [0.29, 0.717) is 9.70 Å². The Kier molecular flexibility index (Phi) is 4.95. The van der Waals surface area contributed by atoms with Crippen molar-refractivity contribution in [2.75, 3.05) is 26.2 Å². The monoisotopic (exact) mass is 391 g/mol. The Morgan fingerprint density at radius 1 is 1.19 bits per heavy atom. The average molecular weight is 391 g/mol. The van der Waals surface area contributed by atoms with E-state index in [4.69, 9.17) is 9.15 Å². The van der Waals surface area contributed by atoms with E-state index < -0.39 is 23.3 Å². The van der Waals surface area contributed by atoms with Gasteiger partial charge in [-0.25, -0.2) is 14.0 Å². The number of hydrogen-bond acceptors (Lipinski definition) is 7. The van der Waals surface area contributed by atoms with Crippen LogP contribution in [0.4, 0.5) is 9.39 Å². The molecule has 3 rings (SSSR count). The first-order valence-corrected chi connectivity index (χ1v) is 8.45. The molecule has 1 aromatic carbocycles. The summed E-state index contributed by atoms with van der Waals surface area (Å²) in [4.78, 5) is 37.5. The molecule has 2 heterocycles. The van der Waals surface area contributed by atoms with Gasteiger partial charge >= 0.3 is 11.6 Å². The largest absolute Gasteiger partial charge is 0.494 e. The van der Waals surface area contributed by atoms with E-state index in [1.165, 1.54) is 43.3 Å². The number of methoxy groups -OCH3 is 2. The molecule has 0 aliphatic rings. The fraction of sp³-hybridized carbons (Fsp3) is 0.167. The molecule has 0 saturated heterocycles. The Balaban J connectivity index is 1.98. The second-order valence-corrected chi connectivity index (χ2v) is 6.53. The minimum absolute atomic E-state index is 0.0423. The maximum atomic E-state index is 13.5. The zero-order chi connectivity index (χ0) is 19.7. The van der Waals surface area contributed by atoms with Crippen molar-refractivity contribution >= 4 is 38.5 Å². The van der Waals surface area contributed by atoms with E-state index in [1.54, 1.807) is 0 Å². The summed E-state index contributed by atoms with van der Waals surface area (Å²) in [6.45, 7) is 0. The van der Waals surface area contributed by atoms with Crippen LogP contribution in [0.5, 0.6) is 5.75 Å². The lowest BCUT2D eigenvalue weighted by Gasteiger charge is -2.15. The van der Waals surface area contributed by atoms with Crippen LogP contribution in [-0.2, 0) is 4.74 Å².